The van der Waals surface area contributed by atoms with Crippen molar-refractivity contribution >= 4 is 5.91 Å². The zero-order valence-corrected chi connectivity index (χ0v) is 14.7. The van der Waals surface area contributed by atoms with Gasteiger partial charge in [-0.25, -0.2) is 0 Å². The van der Waals surface area contributed by atoms with Gasteiger partial charge in [-0.3, -0.25) is 4.79 Å². The van der Waals surface area contributed by atoms with Crippen LogP contribution in [-0.4, -0.2) is 30.3 Å². The summed E-state index contributed by atoms with van der Waals surface area (Å²) >= 11 is 0. The fourth-order valence-electron chi connectivity index (χ4n) is 3.04. The highest BCUT2D eigenvalue weighted by Crippen LogP contribution is 2.30. The minimum Gasteiger partial charge on any atom is -0.406 e. The van der Waals surface area contributed by atoms with E-state index in [1.165, 1.54) is 12.1 Å². The summed E-state index contributed by atoms with van der Waals surface area (Å²) in [5.74, 6) is -0.605. The van der Waals surface area contributed by atoms with Gasteiger partial charge in [-0.05, 0) is 36.6 Å². The number of ether oxygens (including phenoxy) is 2. The number of carbonyl (C=O) groups is 1. The maximum atomic E-state index is 12.5. The Bertz CT molecular complexity index is 814. The van der Waals surface area contributed by atoms with E-state index < -0.39 is 12.4 Å². The summed E-state index contributed by atoms with van der Waals surface area (Å²) in [5.41, 5.74) is 1.34. The third-order valence-electron chi connectivity index (χ3n) is 4.43. The molecule has 144 valence electrons. The van der Waals surface area contributed by atoms with E-state index in [1.54, 1.807) is 4.90 Å². The van der Waals surface area contributed by atoms with Crippen LogP contribution >= 0.6 is 0 Å². The van der Waals surface area contributed by atoms with Gasteiger partial charge in [0.2, 0.25) is 5.91 Å². The fraction of sp³-hybridized carbons (Fsp3) is 0.350. The van der Waals surface area contributed by atoms with Crippen LogP contribution in [-0.2, 0) is 9.53 Å². The maximum Gasteiger partial charge on any atom is 0.573 e. The summed E-state index contributed by atoms with van der Waals surface area (Å²) < 4.78 is 54.9. The Morgan fingerprint density at radius 3 is 2.48 bits per heavy atom. The second-order valence-electron chi connectivity index (χ2n) is 6.21. The van der Waals surface area contributed by atoms with Crippen LogP contribution in [0.4, 0.5) is 13.2 Å². The van der Waals surface area contributed by atoms with Gasteiger partial charge in [-0.2, -0.15) is 0 Å². The second kappa shape index (κ2) is 8.00. The van der Waals surface area contributed by atoms with Crippen LogP contribution < -0.4 is 4.74 Å². The van der Waals surface area contributed by atoms with Gasteiger partial charge in [0.25, 0.3) is 0 Å². The topological polar surface area (TPSA) is 38.8 Å². The van der Waals surface area contributed by atoms with E-state index in [1.807, 2.05) is 37.3 Å². The molecule has 7 heteroatoms. The highest BCUT2D eigenvalue weighted by Gasteiger charge is 2.31. The van der Waals surface area contributed by atoms with Crippen molar-refractivity contribution in [2.75, 3.05) is 13.2 Å². The third kappa shape index (κ3) is 5.01. The molecule has 0 saturated carbocycles. The van der Waals surface area contributed by atoms with Gasteiger partial charge in [-0.1, -0.05) is 42.5 Å². The predicted molar refractivity (Wildman–Crippen MR) is 93.0 cm³/mol. The first kappa shape index (κ1) is 17.9. The van der Waals surface area contributed by atoms with Crippen molar-refractivity contribution in [2.45, 2.75) is 31.8 Å². The smallest absolute Gasteiger partial charge is 0.406 e. The van der Waals surface area contributed by atoms with E-state index >= 15 is 0 Å². The molecule has 1 heterocycles. The van der Waals surface area contributed by atoms with Gasteiger partial charge in [0.15, 0.2) is 0 Å². The number of amides is 1. The van der Waals surface area contributed by atoms with Gasteiger partial charge in [0, 0.05) is 6.54 Å². The monoisotopic (exact) mass is 380 g/mol. The summed E-state index contributed by atoms with van der Waals surface area (Å²) in [6, 6.07) is 14.3. The van der Waals surface area contributed by atoms with Crippen LogP contribution in [0.25, 0.3) is 0 Å². The highest BCUT2D eigenvalue weighted by atomic mass is 19.4. The first-order valence-electron chi connectivity index (χ1n) is 9.03. The zero-order valence-electron chi connectivity index (χ0n) is 15.7. The molecule has 1 fully saturated rings. The Morgan fingerprint density at radius 2 is 1.85 bits per heavy atom. The molecule has 27 heavy (non-hydrogen) atoms. The lowest BCUT2D eigenvalue weighted by Crippen LogP contribution is -2.34. The lowest BCUT2D eigenvalue weighted by Gasteiger charge is -2.28. The molecule has 1 aliphatic heterocycles. The van der Waals surface area contributed by atoms with Gasteiger partial charge in [0.1, 0.15) is 12.4 Å². The minimum absolute atomic E-state index is 0.179. The van der Waals surface area contributed by atoms with Crippen LogP contribution in [0.15, 0.2) is 54.6 Å². The summed E-state index contributed by atoms with van der Waals surface area (Å²) in [5, 5.41) is 0. The number of nitrogens with zero attached hydrogens (tertiary/aromatic N) is 1. The van der Waals surface area contributed by atoms with Crippen molar-refractivity contribution in [1.29, 1.82) is 0 Å². The van der Waals surface area contributed by atoms with Gasteiger partial charge in [0.05, 0.1) is 13.5 Å². The van der Waals surface area contributed by atoms with E-state index in [4.69, 9.17) is 6.11 Å². The number of carbonyl (C=O) groups excluding carboxylic acids is 1. The molecule has 0 bridgehead atoms. The van der Waals surface area contributed by atoms with Crippen molar-refractivity contribution in [3.05, 3.63) is 65.7 Å². The molecule has 2 aromatic carbocycles. The number of halogens is 3. The maximum absolute atomic E-state index is 12.5. The number of hydrogen-bond acceptors (Lipinski definition) is 3. The molecule has 0 aromatic heterocycles. The molecule has 1 aliphatic rings. The largest absolute Gasteiger partial charge is 0.573 e. The molecule has 0 radical (unpaired) electrons. The Labute approximate surface area is 156 Å². The average molecular weight is 380 g/mol. The molecule has 1 amide bonds. The Balaban J connectivity index is 1.75. The van der Waals surface area contributed by atoms with Crippen molar-refractivity contribution in [1.82, 2.24) is 4.90 Å². The molecule has 2 aromatic rings. The molecule has 1 saturated heterocycles. The second-order valence-corrected chi connectivity index (χ2v) is 6.21. The van der Waals surface area contributed by atoms with Crippen LogP contribution in [0.3, 0.4) is 0 Å². The molecule has 3 rings (SSSR count). The SMILES string of the molecule is [2H][C@@]1(c2ccc(OC(F)(F)F)cc2)CCN([C@H](C)c2ccccc2)C(=O)CO1. The first-order valence-corrected chi connectivity index (χ1v) is 8.53. The number of hydrogen-bond donors (Lipinski definition) is 0. The molecule has 0 N–H and O–H groups in total. The van der Waals surface area contributed by atoms with Crippen molar-refractivity contribution in [3.63, 3.8) is 0 Å². The summed E-state index contributed by atoms with van der Waals surface area (Å²) in [6.45, 7) is 1.92. The molecule has 0 spiro atoms. The zero-order chi connectivity index (χ0) is 20.4. The molecule has 0 unspecified atom stereocenters. The molecular formula is C20H20F3NO3. The van der Waals surface area contributed by atoms with Gasteiger partial charge >= 0.3 is 6.36 Å². The summed E-state index contributed by atoms with van der Waals surface area (Å²) in [6.07, 6.45) is -6.12. The number of rotatable bonds is 4. The van der Waals surface area contributed by atoms with Crippen LogP contribution in [0.5, 0.6) is 5.75 Å². The van der Waals surface area contributed by atoms with Crippen LogP contribution in [0, 0.1) is 0 Å². The average Bonchev–Trinajstić information content (AvgIpc) is 2.81. The van der Waals surface area contributed by atoms with Crippen LogP contribution in [0.2, 0.25) is 0 Å². The lowest BCUT2D eigenvalue weighted by atomic mass is 10.0. The normalized spacial score (nSPS) is 22.7. The quantitative estimate of drug-likeness (QED) is 0.776. The predicted octanol–water partition coefficient (Wildman–Crippen LogP) is 4.64. The highest BCUT2D eigenvalue weighted by molar-refractivity contribution is 5.78. The van der Waals surface area contributed by atoms with E-state index in [0.717, 1.165) is 17.7 Å². The molecule has 2 atom stereocenters. The lowest BCUT2D eigenvalue weighted by molar-refractivity contribution is -0.274. The van der Waals surface area contributed by atoms with E-state index in [2.05, 4.69) is 4.74 Å². The summed E-state index contributed by atoms with van der Waals surface area (Å²) in [7, 11) is 0. The molecule has 0 aliphatic carbocycles. The third-order valence-corrected chi connectivity index (χ3v) is 4.43. The van der Waals surface area contributed by atoms with Gasteiger partial charge < -0.3 is 14.4 Å². The van der Waals surface area contributed by atoms with E-state index in [9.17, 15) is 18.0 Å². The van der Waals surface area contributed by atoms with E-state index in [-0.39, 0.29) is 30.7 Å². The van der Waals surface area contributed by atoms with Crippen LogP contribution in [0.1, 0.15) is 38.0 Å². The minimum atomic E-state index is -4.78. The van der Waals surface area contributed by atoms with Crippen molar-refractivity contribution in [2.24, 2.45) is 0 Å². The first-order chi connectivity index (χ1) is 13.2. The Morgan fingerprint density at radius 1 is 1.19 bits per heavy atom. The van der Waals surface area contributed by atoms with Crippen molar-refractivity contribution < 1.29 is 28.8 Å². The van der Waals surface area contributed by atoms with E-state index in [0.29, 0.717) is 12.1 Å². The number of alkyl halides is 3. The standard InChI is InChI=1S/C20H20F3NO3/c1-14(15-5-3-2-4-6-15)24-12-11-18(26-13-19(24)25)16-7-9-17(10-8-16)27-20(21,22)23/h2-10,14,18H,11-13H2,1H3/t14-,18+/m1/s1/i18D. The van der Waals surface area contributed by atoms with Crippen molar-refractivity contribution in [3.8, 4) is 5.75 Å². The molecule has 4 nitrogen and oxygen atoms in total. The Hall–Kier alpha value is -2.54. The fourth-order valence-corrected chi connectivity index (χ4v) is 3.04. The number of benzene rings is 2. The van der Waals surface area contributed by atoms with Gasteiger partial charge in [-0.15, -0.1) is 13.2 Å². The Kier molecular flexibility index (Phi) is 5.29. The molecular weight excluding hydrogens is 359 g/mol. The summed E-state index contributed by atoms with van der Waals surface area (Å²) in [4.78, 5) is 14.2.